The molecule has 0 unspecified atom stereocenters. The fourth-order valence-corrected chi connectivity index (χ4v) is 4.24. The minimum absolute atomic E-state index is 0.513. The minimum atomic E-state index is 0.513. The first-order valence-electron chi connectivity index (χ1n) is 10.5. The Bertz CT molecular complexity index is 1700. The van der Waals surface area contributed by atoms with Crippen molar-refractivity contribution >= 4 is 72.6 Å². The molecule has 3 aromatic heterocycles. The number of nitrogens with one attached hydrogen (secondary N) is 2. The molecule has 0 aliphatic carbocycles. The maximum absolute atomic E-state index is 5.49. The van der Waals surface area contributed by atoms with Crippen molar-refractivity contribution in [1.82, 2.24) is 19.9 Å². The SMILES string of the molecule is Cc1ccc(NC(=S)Nc2ccc3nc4c5cccnc5c5ncccc5c4nc3c2)cc1. The lowest BCUT2D eigenvalue weighted by Crippen LogP contribution is -2.19. The van der Waals surface area contributed by atoms with Gasteiger partial charge in [0.2, 0.25) is 0 Å². The molecule has 0 saturated heterocycles. The number of benzene rings is 3. The second kappa shape index (κ2) is 7.72. The van der Waals surface area contributed by atoms with Crippen molar-refractivity contribution in [3.05, 3.63) is 84.7 Å². The lowest BCUT2D eigenvalue weighted by molar-refractivity contribution is 1.36. The summed E-state index contributed by atoms with van der Waals surface area (Å²) in [6.07, 6.45) is 3.56. The van der Waals surface area contributed by atoms with E-state index in [0.29, 0.717) is 5.11 Å². The van der Waals surface area contributed by atoms with E-state index >= 15 is 0 Å². The van der Waals surface area contributed by atoms with Crippen LogP contribution in [0.2, 0.25) is 0 Å². The van der Waals surface area contributed by atoms with Gasteiger partial charge < -0.3 is 10.6 Å². The van der Waals surface area contributed by atoms with E-state index in [2.05, 4.69) is 27.5 Å². The van der Waals surface area contributed by atoms with E-state index in [9.17, 15) is 0 Å². The third-order valence-electron chi connectivity index (χ3n) is 5.58. The maximum Gasteiger partial charge on any atom is 0.175 e. The molecule has 0 aliphatic heterocycles. The number of hydrogen-bond donors (Lipinski definition) is 2. The minimum Gasteiger partial charge on any atom is -0.332 e. The maximum atomic E-state index is 5.49. The monoisotopic (exact) mass is 446 g/mol. The van der Waals surface area contributed by atoms with E-state index < -0.39 is 0 Å². The number of pyridine rings is 2. The largest absolute Gasteiger partial charge is 0.332 e. The van der Waals surface area contributed by atoms with Gasteiger partial charge in [-0.2, -0.15) is 0 Å². The molecule has 3 aromatic carbocycles. The van der Waals surface area contributed by atoms with Crippen molar-refractivity contribution in [2.45, 2.75) is 6.92 Å². The summed E-state index contributed by atoms with van der Waals surface area (Å²) >= 11 is 5.49. The van der Waals surface area contributed by atoms with E-state index in [0.717, 1.165) is 55.2 Å². The highest BCUT2D eigenvalue weighted by atomic mass is 32.1. The fourth-order valence-electron chi connectivity index (χ4n) is 4.01. The van der Waals surface area contributed by atoms with Crippen LogP contribution in [0.3, 0.4) is 0 Å². The lowest BCUT2D eigenvalue weighted by atomic mass is 10.1. The molecule has 0 fully saturated rings. The van der Waals surface area contributed by atoms with Crippen LogP contribution in [-0.4, -0.2) is 25.0 Å². The standard InChI is InChI=1S/C26H18N6S/c1-15-6-8-16(9-7-15)29-26(33)30-17-10-11-20-21(14-17)32-25-19-5-3-13-28-23(19)22-18(24(25)31-20)4-2-12-27-22/h2-14H,1H3,(H2,29,30,33). The molecule has 6 aromatic rings. The van der Waals surface area contributed by atoms with Crippen LogP contribution in [0.25, 0.3) is 43.9 Å². The van der Waals surface area contributed by atoms with E-state index in [1.54, 1.807) is 12.4 Å². The summed E-state index contributed by atoms with van der Waals surface area (Å²) in [5.41, 5.74) is 7.85. The van der Waals surface area contributed by atoms with Gasteiger partial charge in [-0.1, -0.05) is 17.7 Å². The van der Waals surface area contributed by atoms with Gasteiger partial charge in [-0.05, 0) is 73.7 Å². The van der Waals surface area contributed by atoms with Gasteiger partial charge in [0.25, 0.3) is 0 Å². The number of fused-ring (bicyclic) bond motifs is 7. The molecule has 6 nitrogen and oxygen atoms in total. The zero-order chi connectivity index (χ0) is 22.4. The first-order chi connectivity index (χ1) is 16.2. The smallest absolute Gasteiger partial charge is 0.175 e. The molecule has 2 N–H and O–H groups in total. The van der Waals surface area contributed by atoms with Crippen LogP contribution in [-0.2, 0) is 0 Å². The highest BCUT2D eigenvalue weighted by Gasteiger charge is 2.14. The summed E-state index contributed by atoms with van der Waals surface area (Å²) in [5, 5.41) is 8.84. The molecule has 0 bridgehead atoms. The van der Waals surface area contributed by atoms with Gasteiger partial charge in [0.1, 0.15) is 0 Å². The second-order valence-corrected chi connectivity index (χ2v) is 8.28. The summed E-state index contributed by atoms with van der Waals surface area (Å²) in [5.74, 6) is 0. The quantitative estimate of drug-likeness (QED) is 0.192. The molecule has 0 atom stereocenters. The average molecular weight is 447 g/mol. The van der Waals surface area contributed by atoms with E-state index in [4.69, 9.17) is 22.2 Å². The van der Waals surface area contributed by atoms with Crippen molar-refractivity contribution in [1.29, 1.82) is 0 Å². The average Bonchev–Trinajstić information content (AvgIpc) is 2.84. The molecule has 33 heavy (non-hydrogen) atoms. The normalized spacial score (nSPS) is 11.3. The van der Waals surface area contributed by atoms with Gasteiger partial charge in [-0.25, -0.2) is 9.97 Å². The van der Waals surface area contributed by atoms with Crippen LogP contribution in [0, 0.1) is 6.92 Å². The first kappa shape index (κ1) is 19.5. The number of rotatable bonds is 2. The molecule has 0 amide bonds. The predicted octanol–water partition coefficient (Wildman–Crippen LogP) is 6.00. The summed E-state index contributed by atoms with van der Waals surface area (Å²) in [7, 11) is 0. The highest BCUT2D eigenvalue weighted by Crippen LogP contribution is 2.32. The number of anilines is 2. The van der Waals surface area contributed by atoms with Crippen LogP contribution in [0.15, 0.2) is 79.1 Å². The number of hydrogen-bond acceptors (Lipinski definition) is 5. The van der Waals surface area contributed by atoms with Crippen molar-refractivity contribution in [2.75, 3.05) is 10.6 Å². The Balaban J connectivity index is 1.44. The topological polar surface area (TPSA) is 75.6 Å². The molecule has 6 rings (SSSR count). The third-order valence-corrected chi connectivity index (χ3v) is 5.79. The Labute approximate surface area is 194 Å². The van der Waals surface area contributed by atoms with Crippen LogP contribution >= 0.6 is 12.2 Å². The zero-order valence-corrected chi connectivity index (χ0v) is 18.5. The van der Waals surface area contributed by atoms with Gasteiger partial charge >= 0.3 is 0 Å². The Morgan fingerprint density at radius 1 is 0.667 bits per heavy atom. The molecule has 0 spiro atoms. The molecule has 7 heteroatoms. The Kier molecular flexibility index (Phi) is 4.55. The molecule has 0 radical (unpaired) electrons. The number of aromatic nitrogens is 4. The van der Waals surface area contributed by atoms with Crippen LogP contribution in [0.5, 0.6) is 0 Å². The van der Waals surface area contributed by atoms with Crippen LogP contribution < -0.4 is 10.6 Å². The lowest BCUT2D eigenvalue weighted by Gasteiger charge is -2.12. The van der Waals surface area contributed by atoms with Crippen molar-refractivity contribution in [2.24, 2.45) is 0 Å². The van der Waals surface area contributed by atoms with Gasteiger partial charge in [0.05, 0.1) is 33.1 Å². The molecule has 0 aliphatic rings. The van der Waals surface area contributed by atoms with Gasteiger partial charge in [0.15, 0.2) is 5.11 Å². The number of aryl methyl sites for hydroxylation is 1. The Hall–Kier alpha value is -4.23. The van der Waals surface area contributed by atoms with Crippen LogP contribution in [0.4, 0.5) is 11.4 Å². The van der Waals surface area contributed by atoms with Crippen LogP contribution in [0.1, 0.15) is 5.56 Å². The highest BCUT2D eigenvalue weighted by molar-refractivity contribution is 7.80. The number of nitrogens with zero attached hydrogens (tertiary/aromatic N) is 4. The van der Waals surface area contributed by atoms with Crippen molar-refractivity contribution in [3.63, 3.8) is 0 Å². The van der Waals surface area contributed by atoms with Gasteiger partial charge in [-0.3, -0.25) is 9.97 Å². The molecule has 0 saturated carbocycles. The molecular weight excluding hydrogens is 428 g/mol. The summed E-state index contributed by atoms with van der Waals surface area (Å²) in [6.45, 7) is 2.05. The van der Waals surface area contributed by atoms with E-state index in [1.807, 2.05) is 66.7 Å². The van der Waals surface area contributed by atoms with Crippen molar-refractivity contribution in [3.8, 4) is 0 Å². The Morgan fingerprint density at radius 2 is 1.24 bits per heavy atom. The van der Waals surface area contributed by atoms with Gasteiger partial charge in [-0.15, -0.1) is 0 Å². The summed E-state index contributed by atoms with van der Waals surface area (Å²) in [4.78, 5) is 19.1. The number of thiocarbonyl (C=S) groups is 1. The van der Waals surface area contributed by atoms with Crippen molar-refractivity contribution < 1.29 is 0 Å². The predicted molar refractivity (Wildman–Crippen MR) is 139 cm³/mol. The van der Waals surface area contributed by atoms with E-state index in [1.165, 1.54) is 5.56 Å². The fraction of sp³-hybridized carbons (Fsp3) is 0.0385. The third kappa shape index (κ3) is 3.48. The summed E-state index contributed by atoms with van der Waals surface area (Å²) < 4.78 is 0. The molecular formula is C26H18N6S. The first-order valence-corrected chi connectivity index (χ1v) is 10.9. The van der Waals surface area contributed by atoms with E-state index in [-0.39, 0.29) is 0 Å². The molecule has 158 valence electrons. The zero-order valence-electron chi connectivity index (χ0n) is 17.7. The molecule has 3 heterocycles. The van der Waals surface area contributed by atoms with Gasteiger partial charge in [0, 0.05) is 34.5 Å². The summed E-state index contributed by atoms with van der Waals surface area (Å²) in [6, 6.07) is 21.8. The Morgan fingerprint density at radius 3 is 1.91 bits per heavy atom. The second-order valence-electron chi connectivity index (χ2n) is 7.87.